The van der Waals surface area contributed by atoms with Crippen molar-refractivity contribution in [2.45, 2.75) is 0 Å². The zero-order valence-electron chi connectivity index (χ0n) is 9.34. The number of carbonyl (C=O) groups is 1. The molecule has 3 aromatic rings. The Hall–Kier alpha value is -2.07. The lowest BCUT2D eigenvalue weighted by Gasteiger charge is -2.03. The summed E-state index contributed by atoms with van der Waals surface area (Å²) < 4.78 is 6.79. The van der Waals surface area contributed by atoms with Crippen molar-refractivity contribution < 1.29 is 9.21 Å². The molecule has 0 spiro atoms. The van der Waals surface area contributed by atoms with Gasteiger partial charge in [0.1, 0.15) is 5.88 Å². The number of hydrogen-bond donors (Lipinski definition) is 0. The quantitative estimate of drug-likeness (QED) is 0.665. The number of rotatable bonds is 2. The molecule has 0 unspecified atom stereocenters. The lowest BCUT2D eigenvalue weighted by molar-refractivity contribution is 0.0946. The molecule has 0 saturated carbocycles. The van der Waals surface area contributed by atoms with Crippen molar-refractivity contribution in [3.8, 4) is 11.6 Å². The third-order valence-corrected chi connectivity index (χ3v) is 2.89. The van der Waals surface area contributed by atoms with Gasteiger partial charge < -0.3 is 4.42 Å². The summed E-state index contributed by atoms with van der Waals surface area (Å²) in [5, 5.41) is 0. The van der Waals surface area contributed by atoms with Crippen LogP contribution in [-0.2, 0) is 0 Å². The molecule has 0 N–H and O–H groups in total. The first-order valence-electron chi connectivity index (χ1n) is 5.42. The minimum Gasteiger partial charge on any atom is -0.461 e. The van der Waals surface area contributed by atoms with Crippen LogP contribution in [0.2, 0.25) is 0 Å². The predicted molar refractivity (Wildman–Crippen MR) is 68.8 cm³/mol. The third kappa shape index (κ3) is 1.62. The first-order valence-corrected chi connectivity index (χ1v) is 5.95. The summed E-state index contributed by atoms with van der Waals surface area (Å²) in [7, 11) is 0. The summed E-state index contributed by atoms with van der Waals surface area (Å²) in [5.41, 5.74) is 1.47. The zero-order valence-corrected chi connectivity index (χ0v) is 10.1. The van der Waals surface area contributed by atoms with Gasteiger partial charge in [-0.1, -0.05) is 12.1 Å². The van der Waals surface area contributed by atoms with Crippen LogP contribution in [0.5, 0.6) is 0 Å². The van der Waals surface area contributed by atoms with Crippen molar-refractivity contribution in [2.24, 2.45) is 0 Å². The van der Waals surface area contributed by atoms with Crippen LogP contribution in [-0.4, -0.2) is 21.3 Å². The summed E-state index contributed by atoms with van der Waals surface area (Å²) in [6.07, 6.45) is 1.55. The van der Waals surface area contributed by atoms with Gasteiger partial charge in [-0.25, -0.2) is 4.98 Å². The molecular formula is C13H9ClN2O2. The molecule has 0 radical (unpaired) electrons. The molecule has 0 aliphatic rings. The van der Waals surface area contributed by atoms with Gasteiger partial charge in [0, 0.05) is 0 Å². The molecule has 0 bridgehead atoms. The average molecular weight is 261 g/mol. The number of imidazole rings is 1. The molecule has 90 valence electrons. The third-order valence-electron chi connectivity index (χ3n) is 2.67. The van der Waals surface area contributed by atoms with Crippen molar-refractivity contribution in [2.75, 3.05) is 5.88 Å². The number of aromatic nitrogens is 2. The highest BCUT2D eigenvalue weighted by Gasteiger charge is 2.18. The molecule has 5 heteroatoms. The normalized spacial score (nSPS) is 10.9. The van der Waals surface area contributed by atoms with Crippen LogP contribution in [0, 0.1) is 0 Å². The molecule has 0 aliphatic heterocycles. The first kappa shape index (κ1) is 11.0. The van der Waals surface area contributed by atoms with Crippen LogP contribution in [0.4, 0.5) is 0 Å². The van der Waals surface area contributed by atoms with Crippen LogP contribution >= 0.6 is 11.6 Å². The van der Waals surface area contributed by atoms with E-state index in [1.807, 2.05) is 24.3 Å². The molecule has 0 aliphatic carbocycles. The van der Waals surface area contributed by atoms with Gasteiger partial charge in [0.15, 0.2) is 11.6 Å². The molecule has 3 rings (SSSR count). The smallest absolute Gasteiger partial charge is 0.247 e. The topological polar surface area (TPSA) is 48.0 Å². The zero-order chi connectivity index (χ0) is 12.5. The number of alkyl halides is 1. The second-order valence-electron chi connectivity index (χ2n) is 3.76. The number of fused-ring (bicyclic) bond motifs is 1. The lowest BCUT2D eigenvalue weighted by Crippen LogP contribution is -2.13. The SMILES string of the molecule is O=C(CCl)n1c(-c2ccco2)nc2ccccc21. The Morgan fingerprint density at radius 1 is 1.28 bits per heavy atom. The maximum absolute atomic E-state index is 12.0. The van der Waals surface area contributed by atoms with E-state index >= 15 is 0 Å². The van der Waals surface area contributed by atoms with Crippen LogP contribution in [0.25, 0.3) is 22.6 Å². The van der Waals surface area contributed by atoms with Crippen molar-refractivity contribution in [1.82, 2.24) is 9.55 Å². The molecule has 0 fully saturated rings. The Morgan fingerprint density at radius 3 is 2.83 bits per heavy atom. The molecule has 0 amide bonds. The molecule has 4 nitrogen and oxygen atoms in total. The number of hydrogen-bond acceptors (Lipinski definition) is 3. The fraction of sp³-hybridized carbons (Fsp3) is 0.0769. The molecule has 2 aromatic heterocycles. The van der Waals surface area contributed by atoms with E-state index in [1.165, 1.54) is 4.57 Å². The van der Waals surface area contributed by atoms with Gasteiger partial charge in [0.2, 0.25) is 5.91 Å². The number of carbonyl (C=O) groups excluding carboxylic acids is 1. The van der Waals surface area contributed by atoms with E-state index in [0.29, 0.717) is 11.6 Å². The van der Waals surface area contributed by atoms with Crippen LogP contribution < -0.4 is 0 Å². The van der Waals surface area contributed by atoms with Gasteiger partial charge in [-0.2, -0.15) is 0 Å². The molecule has 2 heterocycles. The van der Waals surface area contributed by atoms with Crippen LogP contribution in [0.3, 0.4) is 0 Å². The Bertz CT molecular complexity index is 701. The number of para-hydroxylation sites is 2. The summed E-state index contributed by atoms with van der Waals surface area (Å²) in [6.45, 7) is 0. The molecule has 0 atom stereocenters. The summed E-state index contributed by atoms with van der Waals surface area (Å²) in [4.78, 5) is 16.4. The number of nitrogens with zero attached hydrogens (tertiary/aromatic N) is 2. The molecule has 0 saturated heterocycles. The highest BCUT2D eigenvalue weighted by atomic mass is 35.5. The Labute approximate surface area is 108 Å². The number of benzene rings is 1. The summed E-state index contributed by atoms with van der Waals surface area (Å²) >= 11 is 5.65. The fourth-order valence-electron chi connectivity index (χ4n) is 1.91. The van der Waals surface area contributed by atoms with Crippen LogP contribution in [0.15, 0.2) is 47.1 Å². The van der Waals surface area contributed by atoms with E-state index < -0.39 is 0 Å². The Morgan fingerprint density at radius 2 is 2.11 bits per heavy atom. The molecular weight excluding hydrogens is 252 g/mol. The van der Waals surface area contributed by atoms with Crippen molar-refractivity contribution >= 4 is 28.5 Å². The van der Waals surface area contributed by atoms with E-state index in [2.05, 4.69) is 4.98 Å². The summed E-state index contributed by atoms with van der Waals surface area (Å²) in [6, 6.07) is 10.9. The maximum Gasteiger partial charge on any atom is 0.247 e. The number of halogens is 1. The largest absolute Gasteiger partial charge is 0.461 e. The van der Waals surface area contributed by atoms with Gasteiger partial charge in [-0.3, -0.25) is 9.36 Å². The van der Waals surface area contributed by atoms with Crippen molar-refractivity contribution in [3.05, 3.63) is 42.7 Å². The fourth-order valence-corrected chi connectivity index (χ4v) is 2.03. The number of furan rings is 1. The lowest BCUT2D eigenvalue weighted by atomic mass is 10.3. The van der Waals surface area contributed by atoms with E-state index in [1.54, 1.807) is 18.4 Å². The molecule has 18 heavy (non-hydrogen) atoms. The minimum absolute atomic E-state index is 0.103. The van der Waals surface area contributed by atoms with Gasteiger partial charge >= 0.3 is 0 Å². The molecule has 1 aromatic carbocycles. The highest BCUT2D eigenvalue weighted by Crippen LogP contribution is 2.25. The monoisotopic (exact) mass is 260 g/mol. The van der Waals surface area contributed by atoms with Crippen molar-refractivity contribution in [3.63, 3.8) is 0 Å². The van der Waals surface area contributed by atoms with Crippen LogP contribution in [0.1, 0.15) is 4.79 Å². The Balaban J connectivity index is 2.33. The van der Waals surface area contributed by atoms with E-state index in [-0.39, 0.29) is 11.8 Å². The standard InChI is InChI=1S/C13H9ClN2O2/c14-8-12(17)16-10-5-2-1-4-9(10)15-13(16)11-6-3-7-18-11/h1-7H,8H2. The highest BCUT2D eigenvalue weighted by molar-refractivity contribution is 6.28. The Kier molecular flexibility index (Phi) is 2.64. The average Bonchev–Trinajstić information content (AvgIpc) is 3.04. The van der Waals surface area contributed by atoms with Gasteiger partial charge in [-0.15, -0.1) is 11.6 Å². The second kappa shape index (κ2) is 4.31. The van der Waals surface area contributed by atoms with Gasteiger partial charge in [0.05, 0.1) is 17.3 Å². The van der Waals surface area contributed by atoms with E-state index in [9.17, 15) is 4.79 Å². The van der Waals surface area contributed by atoms with E-state index in [4.69, 9.17) is 16.0 Å². The summed E-state index contributed by atoms with van der Waals surface area (Å²) in [5.74, 6) is 0.696. The first-order chi connectivity index (χ1) is 8.81. The second-order valence-corrected chi connectivity index (χ2v) is 4.03. The van der Waals surface area contributed by atoms with Gasteiger partial charge in [-0.05, 0) is 24.3 Å². The van der Waals surface area contributed by atoms with Crippen molar-refractivity contribution in [1.29, 1.82) is 0 Å². The predicted octanol–water partition coefficient (Wildman–Crippen LogP) is 3.18. The van der Waals surface area contributed by atoms with E-state index in [0.717, 1.165) is 11.0 Å². The van der Waals surface area contributed by atoms with Gasteiger partial charge in [0.25, 0.3) is 0 Å². The maximum atomic E-state index is 12.0. The minimum atomic E-state index is -0.225.